The van der Waals surface area contributed by atoms with Crippen LogP contribution in [0.1, 0.15) is 62.7 Å². The molecule has 3 heteroatoms. The van der Waals surface area contributed by atoms with Crippen LogP contribution in [-0.4, -0.2) is 18.6 Å². The molecule has 0 aromatic heterocycles. The van der Waals surface area contributed by atoms with Gasteiger partial charge in [0.1, 0.15) is 0 Å². The molecule has 1 fully saturated rings. The maximum Gasteiger partial charge on any atom is 0.223 e. The predicted molar refractivity (Wildman–Crippen MR) is 87.6 cm³/mol. The second-order valence-corrected chi connectivity index (χ2v) is 6.64. The highest BCUT2D eigenvalue weighted by Gasteiger charge is 2.27. The maximum absolute atomic E-state index is 12.5. The normalized spacial score (nSPS) is 28.0. The summed E-state index contributed by atoms with van der Waals surface area (Å²) in [6, 6.07) is 8.71. The Labute approximate surface area is 133 Å². The van der Waals surface area contributed by atoms with Gasteiger partial charge in [0.05, 0.1) is 19.1 Å². The minimum absolute atomic E-state index is 0.0754. The first kappa shape index (κ1) is 15.5. The van der Waals surface area contributed by atoms with Gasteiger partial charge in [-0.15, -0.1) is 0 Å². The number of nitrogens with one attached hydrogen (secondary N) is 1. The topological polar surface area (TPSA) is 38.3 Å². The molecule has 120 valence electrons. The van der Waals surface area contributed by atoms with E-state index in [0.29, 0.717) is 18.4 Å². The van der Waals surface area contributed by atoms with E-state index in [9.17, 15) is 4.79 Å². The van der Waals surface area contributed by atoms with Crippen molar-refractivity contribution in [1.29, 1.82) is 0 Å². The van der Waals surface area contributed by atoms with E-state index in [1.165, 1.54) is 30.4 Å². The van der Waals surface area contributed by atoms with E-state index in [1.54, 1.807) is 0 Å². The molecule has 3 rings (SSSR count). The molecular formula is C19H27NO2. The van der Waals surface area contributed by atoms with Gasteiger partial charge in [0.2, 0.25) is 5.91 Å². The Morgan fingerprint density at radius 2 is 2.09 bits per heavy atom. The van der Waals surface area contributed by atoms with Gasteiger partial charge in [-0.05, 0) is 36.3 Å². The molecule has 1 aromatic carbocycles. The lowest BCUT2D eigenvalue weighted by Crippen LogP contribution is -2.42. The Bertz CT molecular complexity index is 514. The van der Waals surface area contributed by atoms with Gasteiger partial charge in [-0.2, -0.15) is 0 Å². The molecule has 0 bridgehead atoms. The highest BCUT2D eigenvalue weighted by Crippen LogP contribution is 2.30. The molecule has 1 heterocycles. The lowest BCUT2D eigenvalue weighted by atomic mass is 9.83. The number of benzene rings is 1. The third-order valence-electron chi connectivity index (χ3n) is 5.24. The number of fused-ring (bicyclic) bond motifs is 1. The van der Waals surface area contributed by atoms with Crippen molar-refractivity contribution in [2.75, 3.05) is 6.61 Å². The second kappa shape index (κ2) is 7.28. The largest absolute Gasteiger partial charge is 0.373 e. The molecule has 3 unspecified atom stereocenters. The molecule has 1 amide bonds. The standard InChI is InChI=1S/C19H27NO2/c1-2-14-7-4-6-10-17(14)20-19(21)13-18-16-9-5-3-8-15(16)11-12-22-18/h3,5,8-9,14,17-18H,2,4,6-7,10-13H2,1H3,(H,20,21). The van der Waals surface area contributed by atoms with Crippen LogP contribution < -0.4 is 5.32 Å². The molecule has 0 spiro atoms. The number of amides is 1. The first-order valence-electron chi connectivity index (χ1n) is 8.76. The van der Waals surface area contributed by atoms with Gasteiger partial charge in [0.15, 0.2) is 0 Å². The van der Waals surface area contributed by atoms with Crippen LogP contribution in [0.5, 0.6) is 0 Å². The van der Waals surface area contributed by atoms with Crippen molar-refractivity contribution >= 4 is 5.91 Å². The van der Waals surface area contributed by atoms with Crippen LogP contribution >= 0.6 is 0 Å². The third-order valence-corrected chi connectivity index (χ3v) is 5.24. The predicted octanol–water partition coefficient (Wildman–Crippen LogP) is 3.78. The van der Waals surface area contributed by atoms with Crippen LogP contribution in [0.15, 0.2) is 24.3 Å². The number of carbonyl (C=O) groups excluding carboxylic acids is 1. The fourth-order valence-electron chi connectivity index (χ4n) is 3.97. The number of carbonyl (C=O) groups is 1. The molecule has 1 N–H and O–H groups in total. The summed E-state index contributed by atoms with van der Waals surface area (Å²) in [5, 5.41) is 3.28. The maximum atomic E-state index is 12.5. The molecule has 1 aromatic rings. The van der Waals surface area contributed by atoms with Crippen molar-refractivity contribution in [2.24, 2.45) is 5.92 Å². The van der Waals surface area contributed by atoms with E-state index in [2.05, 4.69) is 30.4 Å². The molecule has 0 radical (unpaired) electrons. The summed E-state index contributed by atoms with van der Waals surface area (Å²) in [6.45, 7) is 2.95. The van der Waals surface area contributed by atoms with E-state index in [4.69, 9.17) is 4.74 Å². The van der Waals surface area contributed by atoms with Crippen molar-refractivity contribution in [3.8, 4) is 0 Å². The van der Waals surface area contributed by atoms with Crippen molar-refractivity contribution in [1.82, 2.24) is 5.32 Å². The van der Waals surface area contributed by atoms with Crippen LogP contribution in [0.2, 0.25) is 0 Å². The Hall–Kier alpha value is -1.35. The Morgan fingerprint density at radius 1 is 1.27 bits per heavy atom. The molecule has 3 atom stereocenters. The third kappa shape index (κ3) is 3.52. The zero-order valence-corrected chi connectivity index (χ0v) is 13.5. The SMILES string of the molecule is CCC1CCCCC1NC(=O)CC1OCCc2ccccc21. The average Bonchev–Trinajstić information content (AvgIpc) is 2.55. The number of hydrogen-bond donors (Lipinski definition) is 1. The van der Waals surface area contributed by atoms with E-state index in [-0.39, 0.29) is 12.0 Å². The van der Waals surface area contributed by atoms with Gasteiger partial charge in [-0.25, -0.2) is 0 Å². The van der Waals surface area contributed by atoms with Gasteiger partial charge in [-0.3, -0.25) is 4.79 Å². The Balaban J connectivity index is 1.60. The van der Waals surface area contributed by atoms with Gasteiger partial charge in [0.25, 0.3) is 0 Å². The zero-order chi connectivity index (χ0) is 15.4. The minimum Gasteiger partial charge on any atom is -0.373 e. The highest BCUT2D eigenvalue weighted by molar-refractivity contribution is 5.77. The molecule has 22 heavy (non-hydrogen) atoms. The Kier molecular flexibility index (Phi) is 5.14. The summed E-state index contributed by atoms with van der Waals surface area (Å²) >= 11 is 0. The zero-order valence-electron chi connectivity index (χ0n) is 13.5. The van der Waals surface area contributed by atoms with Crippen molar-refractivity contribution < 1.29 is 9.53 Å². The molecule has 0 saturated heterocycles. The lowest BCUT2D eigenvalue weighted by Gasteiger charge is -2.32. The molecule has 3 nitrogen and oxygen atoms in total. The average molecular weight is 301 g/mol. The first-order valence-corrected chi connectivity index (χ1v) is 8.76. The second-order valence-electron chi connectivity index (χ2n) is 6.64. The van der Waals surface area contributed by atoms with Crippen molar-refractivity contribution in [2.45, 2.75) is 64.0 Å². The van der Waals surface area contributed by atoms with Crippen molar-refractivity contribution in [3.05, 3.63) is 35.4 Å². The molecule has 1 saturated carbocycles. The van der Waals surface area contributed by atoms with Crippen molar-refractivity contribution in [3.63, 3.8) is 0 Å². The highest BCUT2D eigenvalue weighted by atomic mass is 16.5. The van der Waals surface area contributed by atoms with E-state index in [0.717, 1.165) is 25.9 Å². The molecule has 1 aliphatic heterocycles. The summed E-state index contributed by atoms with van der Waals surface area (Å²) in [5.74, 6) is 0.796. The Morgan fingerprint density at radius 3 is 2.95 bits per heavy atom. The van der Waals surface area contributed by atoms with E-state index < -0.39 is 0 Å². The van der Waals surface area contributed by atoms with Gasteiger partial charge in [-0.1, -0.05) is 50.5 Å². The summed E-state index contributed by atoms with van der Waals surface area (Å²) in [4.78, 5) is 12.5. The smallest absolute Gasteiger partial charge is 0.223 e. The lowest BCUT2D eigenvalue weighted by molar-refractivity contribution is -0.125. The van der Waals surface area contributed by atoms with Gasteiger partial charge < -0.3 is 10.1 Å². The number of ether oxygens (including phenoxy) is 1. The van der Waals surface area contributed by atoms with Crippen LogP contribution in [0.25, 0.3) is 0 Å². The molecule has 2 aliphatic rings. The summed E-state index contributed by atoms with van der Waals surface area (Å²) in [5.41, 5.74) is 2.52. The number of rotatable bonds is 4. The van der Waals surface area contributed by atoms with Gasteiger partial charge in [0, 0.05) is 6.04 Å². The van der Waals surface area contributed by atoms with E-state index >= 15 is 0 Å². The fourth-order valence-corrected chi connectivity index (χ4v) is 3.97. The van der Waals surface area contributed by atoms with Crippen LogP contribution in [0, 0.1) is 5.92 Å². The van der Waals surface area contributed by atoms with Crippen LogP contribution in [0.3, 0.4) is 0 Å². The fraction of sp³-hybridized carbons (Fsp3) is 0.632. The van der Waals surface area contributed by atoms with Crippen LogP contribution in [0.4, 0.5) is 0 Å². The van der Waals surface area contributed by atoms with Crippen LogP contribution in [-0.2, 0) is 16.0 Å². The molecular weight excluding hydrogens is 274 g/mol. The minimum atomic E-state index is -0.0754. The quantitative estimate of drug-likeness (QED) is 0.919. The monoisotopic (exact) mass is 301 g/mol. The van der Waals surface area contributed by atoms with Gasteiger partial charge >= 0.3 is 0 Å². The number of hydrogen-bond acceptors (Lipinski definition) is 2. The molecule has 1 aliphatic carbocycles. The first-order chi connectivity index (χ1) is 10.8. The summed E-state index contributed by atoms with van der Waals surface area (Å²) < 4.78 is 5.86. The summed E-state index contributed by atoms with van der Waals surface area (Å²) in [6.07, 6.45) is 7.42. The summed E-state index contributed by atoms with van der Waals surface area (Å²) in [7, 11) is 0. The van der Waals surface area contributed by atoms with E-state index in [1.807, 2.05) is 6.07 Å².